The summed E-state index contributed by atoms with van der Waals surface area (Å²) in [5.41, 5.74) is 6.54. The molecule has 1 atom stereocenters. The van der Waals surface area contributed by atoms with Crippen molar-refractivity contribution in [1.82, 2.24) is 0 Å². The van der Waals surface area contributed by atoms with Gasteiger partial charge in [0, 0.05) is 12.0 Å². The highest BCUT2D eigenvalue weighted by molar-refractivity contribution is 5.84. The number of aliphatic hydroxyl groups is 1. The lowest BCUT2D eigenvalue weighted by atomic mass is 10.1. The largest absolute Gasteiger partial charge is 0.491 e. The Labute approximate surface area is 93.2 Å². The fourth-order valence-corrected chi connectivity index (χ4v) is 1.68. The van der Waals surface area contributed by atoms with Crippen LogP contribution in [0.1, 0.15) is 12.0 Å². The molecule has 85 valence electrons. The number of carbonyl (C=O) groups is 1. The van der Waals surface area contributed by atoms with Crippen LogP contribution in [0.3, 0.4) is 0 Å². The third-order valence-electron chi connectivity index (χ3n) is 2.52. The van der Waals surface area contributed by atoms with Crippen molar-refractivity contribution >= 4 is 11.6 Å². The van der Waals surface area contributed by atoms with Crippen LogP contribution < -0.4 is 15.8 Å². The molecular formula is C11H13N2O3. The van der Waals surface area contributed by atoms with Gasteiger partial charge < -0.3 is 20.9 Å². The van der Waals surface area contributed by atoms with E-state index in [2.05, 4.69) is 11.4 Å². The number of nitrogens with one attached hydrogen (secondary N) is 1. The second-order valence-corrected chi connectivity index (χ2v) is 3.62. The predicted octanol–water partition coefficient (Wildman–Crippen LogP) is 0.0274. The molecule has 16 heavy (non-hydrogen) atoms. The molecule has 0 bridgehead atoms. The summed E-state index contributed by atoms with van der Waals surface area (Å²) in [6.07, 6.45) is 0.509. The molecular weight excluding hydrogens is 208 g/mol. The van der Waals surface area contributed by atoms with Crippen LogP contribution in [0, 0.1) is 6.07 Å². The average molecular weight is 221 g/mol. The molecule has 1 heterocycles. The van der Waals surface area contributed by atoms with Crippen molar-refractivity contribution in [3.05, 3.63) is 23.8 Å². The van der Waals surface area contributed by atoms with Crippen LogP contribution in [-0.2, 0) is 11.4 Å². The highest BCUT2D eigenvalue weighted by atomic mass is 16.5. The minimum atomic E-state index is -0.441. The zero-order valence-electron chi connectivity index (χ0n) is 8.69. The molecule has 1 aliphatic heterocycles. The van der Waals surface area contributed by atoms with Crippen molar-refractivity contribution in [2.24, 2.45) is 5.73 Å². The van der Waals surface area contributed by atoms with Gasteiger partial charge in [-0.2, -0.15) is 0 Å². The summed E-state index contributed by atoms with van der Waals surface area (Å²) >= 11 is 0. The highest BCUT2D eigenvalue weighted by Gasteiger charge is 2.22. The summed E-state index contributed by atoms with van der Waals surface area (Å²) in [6.45, 7) is 0.271. The number of rotatable bonds is 2. The molecule has 1 aliphatic rings. The number of fused-ring (bicyclic) bond motifs is 1. The lowest BCUT2D eigenvalue weighted by Gasteiger charge is -2.13. The summed E-state index contributed by atoms with van der Waals surface area (Å²) in [5, 5.41) is 12.1. The van der Waals surface area contributed by atoms with E-state index >= 15 is 0 Å². The molecule has 0 spiro atoms. The summed E-state index contributed by atoms with van der Waals surface area (Å²) in [7, 11) is 0. The van der Waals surface area contributed by atoms with E-state index in [1.165, 1.54) is 0 Å². The van der Waals surface area contributed by atoms with E-state index in [4.69, 9.17) is 15.6 Å². The zero-order chi connectivity index (χ0) is 11.5. The molecule has 0 saturated carbocycles. The number of amides is 1. The molecule has 0 fully saturated rings. The van der Waals surface area contributed by atoms with Gasteiger partial charge in [-0.15, -0.1) is 0 Å². The Morgan fingerprint density at radius 3 is 3.19 bits per heavy atom. The Kier molecular flexibility index (Phi) is 2.96. The minimum Gasteiger partial charge on any atom is -0.491 e. The molecule has 1 radical (unpaired) electrons. The first kappa shape index (κ1) is 10.8. The van der Waals surface area contributed by atoms with Crippen LogP contribution in [0.25, 0.3) is 0 Å². The Bertz CT molecular complexity index is 406. The standard InChI is InChI=1S/C11H13N2O3/c12-11(15)9-4-5-16-10-7(6-14)2-1-3-8(10)13-9/h2-3,9,13-14H,4-6H2,(H2,12,15). The van der Waals surface area contributed by atoms with Crippen molar-refractivity contribution in [3.63, 3.8) is 0 Å². The van der Waals surface area contributed by atoms with E-state index in [0.29, 0.717) is 30.0 Å². The molecule has 1 unspecified atom stereocenters. The van der Waals surface area contributed by atoms with Crippen LogP contribution in [0.15, 0.2) is 12.1 Å². The number of hydrogen-bond donors (Lipinski definition) is 3. The van der Waals surface area contributed by atoms with Gasteiger partial charge in [-0.1, -0.05) is 0 Å². The van der Waals surface area contributed by atoms with Crippen LogP contribution in [-0.4, -0.2) is 23.7 Å². The van der Waals surface area contributed by atoms with Crippen LogP contribution in [0.2, 0.25) is 0 Å². The SMILES string of the molecule is NC(=O)C1CCOc2c(CO)c[c]cc2N1. The van der Waals surface area contributed by atoms with Crippen molar-refractivity contribution < 1.29 is 14.6 Å². The number of primary amides is 1. The topological polar surface area (TPSA) is 84.6 Å². The van der Waals surface area contributed by atoms with Gasteiger partial charge in [0.2, 0.25) is 5.91 Å². The molecule has 0 aromatic heterocycles. The summed E-state index contributed by atoms with van der Waals surface area (Å²) < 4.78 is 5.50. The zero-order valence-corrected chi connectivity index (χ0v) is 8.69. The quantitative estimate of drug-likeness (QED) is 0.657. The Morgan fingerprint density at radius 1 is 1.69 bits per heavy atom. The van der Waals surface area contributed by atoms with Crippen molar-refractivity contribution in [2.75, 3.05) is 11.9 Å². The molecule has 0 aliphatic carbocycles. The normalized spacial score (nSPS) is 18.9. The van der Waals surface area contributed by atoms with Crippen LogP contribution in [0.5, 0.6) is 5.75 Å². The first-order valence-corrected chi connectivity index (χ1v) is 5.05. The molecule has 1 aromatic rings. The number of aliphatic hydroxyl groups excluding tert-OH is 1. The molecule has 4 N–H and O–H groups in total. The molecule has 5 heteroatoms. The predicted molar refractivity (Wildman–Crippen MR) is 57.9 cm³/mol. The smallest absolute Gasteiger partial charge is 0.240 e. The monoisotopic (exact) mass is 221 g/mol. The second-order valence-electron chi connectivity index (χ2n) is 3.62. The fraction of sp³-hybridized carbons (Fsp3) is 0.364. The van der Waals surface area contributed by atoms with E-state index < -0.39 is 11.9 Å². The third-order valence-corrected chi connectivity index (χ3v) is 2.52. The van der Waals surface area contributed by atoms with Gasteiger partial charge in [-0.05, 0) is 18.2 Å². The third kappa shape index (κ3) is 1.94. The van der Waals surface area contributed by atoms with Crippen molar-refractivity contribution in [3.8, 4) is 5.75 Å². The lowest BCUT2D eigenvalue weighted by molar-refractivity contribution is -0.118. The van der Waals surface area contributed by atoms with Gasteiger partial charge >= 0.3 is 0 Å². The average Bonchev–Trinajstić information content (AvgIpc) is 2.50. The Hall–Kier alpha value is -1.75. The highest BCUT2D eigenvalue weighted by Crippen LogP contribution is 2.31. The molecule has 2 rings (SSSR count). The molecule has 1 aromatic carbocycles. The van der Waals surface area contributed by atoms with E-state index in [-0.39, 0.29) is 6.61 Å². The maximum atomic E-state index is 11.1. The first-order chi connectivity index (χ1) is 7.72. The first-order valence-electron chi connectivity index (χ1n) is 5.05. The fourth-order valence-electron chi connectivity index (χ4n) is 1.68. The maximum absolute atomic E-state index is 11.1. The summed E-state index contributed by atoms with van der Waals surface area (Å²) in [6, 6.07) is 5.77. The van der Waals surface area contributed by atoms with Crippen molar-refractivity contribution in [1.29, 1.82) is 0 Å². The number of nitrogens with two attached hydrogens (primary N) is 1. The van der Waals surface area contributed by atoms with Crippen molar-refractivity contribution in [2.45, 2.75) is 19.1 Å². The Morgan fingerprint density at radius 2 is 2.50 bits per heavy atom. The molecule has 5 nitrogen and oxygen atoms in total. The van der Waals surface area contributed by atoms with Gasteiger partial charge in [0.15, 0.2) is 0 Å². The number of ether oxygens (including phenoxy) is 1. The lowest BCUT2D eigenvalue weighted by Crippen LogP contribution is -2.35. The number of anilines is 1. The van der Waals surface area contributed by atoms with Gasteiger partial charge in [0.1, 0.15) is 11.8 Å². The Balaban J connectivity index is 2.34. The van der Waals surface area contributed by atoms with Gasteiger partial charge in [-0.3, -0.25) is 4.79 Å². The minimum absolute atomic E-state index is 0.122. The number of benzene rings is 1. The number of carbonyl (C=O) groups excluding carboxylic acids is 1. The van der Waals surface area contributed by atoms with E-state index in [1.807, 2.05) is 0 Å². The summed E-state index contributed by atoms with van der Waals surface area (Å²) in [5.74, 6) is 0.163. The number of hydrogen-bond acceptors (Lipinski definition) is 4. The van der Waals surface area contributed by atoms with Crippen LogP contribution in [0.4, 0.5) is 5.69 Å². The van der Waals surface area contributed by atoms with Gasteiger partial charge in [0.05, 0.1) is 18.9 Å². The molecule has 1 amide bonds. The van der Waals surface area contributed by atoms with Crippen LogP contribution >= 0.6 is 0 Å². The van der Waals surface area contributed by atoms with E-state index in [9.17, 15) is 4.79 Å². The molecule has 0 saturated heterocycles. The van der Waals surface area contributed by atoms with Gasteiger partial charge in [-0.25, -0.2) is 0 Å². The summed E-state index contributed by atoms with van der Waals surface area (Å²) in [4.78, 5) is 11.1. The second kappa shape index (κ2) is 4.40. The van der Waals surface area contributed by atoms with Gasteiger partial charge in [0.25, 0.3) is 0 Å². The maximum Gasteiger partial charge on any atom is 0.240 e. The van der Waals surface area contributed by atoms with E-state index in [0.717, 1.165) is 0 Å². The van der Waals surface area contributed by atoms with E-state index in [1.54, 1.807) is 12.1 Å².